The molecule has 0 aromatic carbocycles. The van der Waals surface area contributed by atoms with Gasteiger partial charge in [-0.2, -0.15) is 0 Å². The molecule has 0 radical (unpaired) electrons. The van der Waals surface area contributed by atoms with E-state index in [9.17, 15) is 23.6 Å². The SMILES string of the molecule is O=C1CCC(N2C(=O)C3C=CC(F)=CC3C2=O)C(=O)N1. The Hall–Kier alpha value is -2.31. The lowest BCUT2D eigenvalue weighted by molar-refractivity contribution is -0.151. The molecule has 104 valence electrons. The molecule has 20 heavy (non-hydrogen) atoms. The fourth-order valence-electron chi connectivity index (χ4n) is 2.77. The number of fused-ring (bicyclic) bond motifs is 1. The maximum absolute atomic E-state index is 13.2. The van der Waals surface area contributed by atoms with E-state index in [1.807, 2.05) is 0 Å². The summed E-state index contributed by atoms with van der Waals surface area (Å²) in [6.07, 6.45) is 3.75. The summed E-state index contributed by atoms with van der Waals surface area (Å²) in [5.74, 6) is -4.41. The molecule has 3 unspecified atom stereocenters. The molecule has 3 aliphatic rings. The van der Waals surface area contributed by atoms with Gasteiger partial charge < -0.3 is 0 Å². The molecule has 6 nitrogen and oxygen atoms in total. The van der Waals surface area contributed by atoms with Crippen molar-refractivity contribution in [3.05, 3.63) is 24.1 Å². The Kier molecular flexibility index (Phi) is 2.77. The summed E-state index contributed by atoms with van der Waals surface area (Å²) < 4.78 is 13.2. The van der Waals surface area contributed by atoms with Gasteiger partial charge in [-0.3, -0.25) is 29.4 Å². The number of piperidine rings is 1. The zero-order valence-electron chi connectivity index (χ0n) is 10.3. The number of carbonyl (C=O) groups is 4. The molecule has 2 heterocycles. The molecule has 2 saturated heterocycles. The second kappa shape index (κ2) is 4.36. The number of allylic oxidation sites excluding steroid dienone is 2. The summed E-state index contributed by atoms with van der Waals surface area (Å²) >= 11 is 0. The van der Waals surface area contributed by atoms with Gasteiger partial charge in [0.05, 0.1) is 11.8 Å². The highest BCUT2D eigenvalue weighted by atomic mass is 19.1. The van der Waals surface area contributed by atoms with Crippen molar-refractivity contribution in [3.8, 4) is 0 Å². The van der Waals surface area contributed by atoms with Crippen LogP contribution in [0.5, 0.6) is 0 Å². The highest BCUT2D eigenvalue weighted by Crippen LogP contribution is 2.35. The Morgan fingerprint density at radius 1 is 1.15 bits per heavy atom. The molecule has 0 bridgehead atoms. The van der Waals surface area contributed by atoms with Gasteiger partial charge in [-0.15, -0.1) is 0 Å². The van der Waals surface area contributed by atoms with Crippen molar-refractivity contribution in [3.63, 3.8) is 0 Å². The minimum Gasteiger partial charge on any atom is -0.295 e. The zero-order valence-corrected chi connectivity index (χ0v) is 10.3. The first-order valence-electron chi connectivity index (χ1n) is 6.25. The fraction of sp³-hybridized carbons (Fsp3) is 0.385. The number of halogens is 1. The van der Waals surface area contributed by atoms with Crippen LogP contribution in [0.2, 0.25) is 0 Å². The van der Waals surface area contributed by atoms with Crippen LogP contribution >= 0.6 is 0 Å². The van der Waals surface area contributed by atoms with Gasteiger partial charge in [0.1, 0.15) is 11.9 Å². The van der Waals surface area contributed by atoms with Crippen LogP contribution in [0.4, 0.5) is 4.39 Å². The van der Waals surface area contributed by atoms with Gasteiger partial charge in [0.15, 0.2) is 0 Å². The van der Waals surface area contributed by atoms with E-state index < -0.39 is 47.3 Å². The summed E-state index contributed by atoms with van der Waals surface area (Å²) in [7, 11) is 0. The van der Waals surface area contributed by atoms with Crippen LogP contribution in [0, 0.1) is 11.8 Å². The Morgan fingerprint density at radius 3 is 2.55 bits per heavy atom. The van der Waals surface area contributed by atoms with Crippen LogP contribution in [0.25, 0.3) is 0 Å². The third-order valence-electron chi connectivity index (χ3n) is 3.76. The van der Waals surface area contributed by atoms with E-state index in [2.05, 4.69) is 5.32 Å². The van der Waals surface area contributed by atoms with Gasteiger partial charge >= 0.3 is 0 Å². The molecule has 2 aliphatic heterocycles. The normalized spacial score (nSPS) is 33.1. The number of hydrogen-bond donors (Lipinski definition) is 1. The van der Waals surface area contributed by atoms with E-state index in [-0.39, 0.29) is 12.8 Å². The Bertz CT molecular complexity index is 595. The average Bonchev–Trinajstić information content (AvgIpc) is 2.63. The Morgan fingerprint density at radius 2 is 1.85 bits per heavy atom. The number of amides is 4. The lowest BCUT2D eigenvalue weighted by atomic mass is 9.91. The third-order valence-corrected chi connectivity index (χ3v) is 3.76. The molecule has 0 aromatic heterocycles. The van der Waals surface area contributed by atoms with Crippen molar-refractivity contribution in [1.29, 1.82) is 0 Å². The van der Waals surface area contributed by atoms with Crippen LogP contribution < -0.4 is 5.32 Å². The van der Waals surface area contributed by atoms with Crippen molar-refractivity contribution in [2.45, 2.75) is 18.9 Å². The van der Waals surface area contributed by atoms with E-state index in [4.69, 9.17) is 0 Å². The molecular weight excluding hydrogens is 267 g/mol. The second-order valence-corrected chi connectivity index (χ2v) is 4.98. The topological polar surface area (TPSA) is 83.6 Å². The molecule has 1 aliphatic carbocycles. The van der Waals surface area contributed by atoms with Crippen LogP contribution in [0.15, 0.2) is 24.1 Å². The minimum absolute atomic E-state index is 0.0723. The summed E-state index contributed by atoms with van der Waals surface area (Å²) in [6, 6.07) is -0.983. The van der Waals surface area contributed by atoms with Crippen molar-refractivity contribution in [2.24, 2.45) is 11.8 Å². The van der Waals surface area contributed by atoms with Crippen molar-refractivity contribution < 1.29 is 23.6 Å². The lowest BCUT2D eigenvalue weighted by Crippen LogP contribution is -2.54. The summed E-state index contributed by atoms with van der Waals surface area (Å²) in [5.41, 5.74) is 0. The zero-order chi connectivity index (χ0) is 14.4. The monoisotopic (exact) mass is 278 g/mol. The van der Waals surface area contributed by atoms with Crippen LogP contribution in [-0.4, -0.2) is 34.6 Å². The molecule has 3 rings (SSSR count). The summed E-state index contributed by atoms with van der Waals surface area (Å²) in [5, 5.41) is 2.11. The first-order valence-corrected chi connectivity index (χ1v) is 6.25. The highest BCUT2D eigenvalue weighted by molar-refractivity contribution is 6.12. The van der Waals surface area contributed by atoms with Crippen molar-refractivity contribution in [1.82, 2.24) is 10.2 Å². The van der Waals surface area contributed by atoms with Gasteiger partial charge in [0, 0.05) is 6.42 Å². The van der Waals surface area contributed by atoms with Crippen LogP contribution in [0.1, 0.15) is 12.8 Å². The number of rotatable bonds is 1. The third kappa shape index (κ3) is 1.77. The number of likely N-dealkylation sites (tertiary alicyclic amines) is 1. The summed E-state index contributed by atoms with van der Waals surface area (Å²) in [4.78, 5) is 48.2. The second-order valence-electron chi connectivity index (χ2n) is 4.98. The van der Waals surface area contributed by atoms with E-state index in [1.165, 1.54) is 6.08 Å². The summed E-state index contributed by atoms with van der Waals surface area (Å²) in [6.45, 7) is 0. The first kappa shape index (κ1) is 12.7. The number of hydrogen-bond acceptors (Lipinski definition) is 4. The quantitative estimate of drug-likeness (QED) is 0.674. The molecule has 4 amide bonds. The number of imide groups is 2. The molecule has 2 fully saturated rings. The van der Waals surface area contributed by atoms with Gasteiger partial charge in [0.25, 0.3) is 0 Å². The molecule has 1 N–H and O–H groups in total. The minimum atomic E-state index is -0.983. The molecule has 3 atom stereocenters. The first-order chi connectivity index (χ1) is 9.49. The average molecular weight is 278 g/mol. The van der Waals surface area contributed by atoms with Gasteiger partial charge in [0.2, 0.25) is 23.6 Å². The van der Waals surface area contributed by atoms with Crippen LogP contribution in [-0.2, 0) is 19.2 Å². The van der Waals surface area contributed by atoms with Crippen molar-refractivity contribution in [2.75, 3.05) is 0 Å². The van der Waals surface area contributed by atoms with E-state index in [0.717, 1.165) is 17.1 Å². The maximum atomic E-state index is 13.2. The highest BCUT2D eigenvalue weighted by Gasteiger charge is 2.51. The van der Waals surface area contributed by atoms with Crippen molar-refractivity contribution >= 4 is 23.6 Å². The van der Waals surface area contributed by atoms with Crippen LogP contribution in [0.3, 0.4) is 0 Å². The molecular formula is C13H11FN2O4. The molecule has 0 spiro atoms. The standard InChI is InChI=1S/C13H11FN2O4/c14-6-1-2-7-8(5-6)13(20)16(12(7)19)9-3-4-10(17)15-11(9)18/h1-2,5,7-9H,3-4H2,(H,15,17,18). The predicted molar refractivity (Wildman–Crippen MR) is 63.3 cm³/mol. The Balaban J connectivity index is 1.90. The number of nitrogens with one attached hydrogen (secondary N) is 1. The van der Waals surface area contributed by atoms with Gasteiger partial charge in [-0.1, -0.05) is 6.08 Å². The number of carbonyl (C=O) groups excluding carboxylic acids is 4. The van der Waals surface area contributed by atoms with E-state index in [1.54, 1.807) is 0 Å². The van der Waals surface area contributed by atoms with Gasteiger partial charge in [-0.25, -0.2) is 4.39 Å². The number of nitrogens with zero attached hydrogens (tertiary/aromatic N) is 1. The lowest BCUT2D eigenvalue weighted by Gasteiger charge is -2.28. The predicted octanol–water partition coefficient (Wildman–Crippen LogP) is -0.184. The smallest absolute Gasteiger partial charge is 0.249 e. The molecule has 0 saturated carbocycles. The fourth-order valence-corrected chi connectivity index (χ4v) is 2.77. The van der Waals surface area contributed by atoms with E-state index >= 15 is 0 Å². The molecule has 0 aromatic rings. The largest absolute Gasteiger partial charge is 0.295 e. The molecule has 7 heteroatoms. The Labute approximate surface area is 113 Å². The maximum Gasteiger partial charge on any atom is 0.249 e. The van der Waals surface area contributed by atoms with E-state index in [0.29, 0.717) is 0 Å². The van der Waals surface area contributed by atoms with Gasteiger partial charge in [-0.05, 0) is 18.6 Å².